The van der Waals surface area contributed by atoms with Gasteiger partial charge in [-0.1, -0.05) is 0 Å². The number of hydrogen-bond donors (Lipinski definition) is 0. The van der Waals surface area contributed by atoms with Gasteiger partial charge in [-0.15, -0.1) is 0 Å². The molecule has 1 unspecified atom stereocenters. The van der Waals surface area contributed by atoms with Crippen LogP contribution in [0.1, 0.15) is 12.8 Å². The molecular weight excluding hydrogens is 107 g/mol. The Morgan fingerprint density at radius 3 is 3.12 bits per heavy atom. The minimum atomic E-state index is -0.271. The zero-order valence-corrected chi connectivity index (χ0v) is 4.64. The van der Waals surface area contributed by atoms with Gasteiger partial charge in [-0.25, -0.2) is 0 Å². The molecule has 0 aromatic rings. The largest absolute Gasteiger partial charge is 0.498 e. The molecule has 0 amide bonds. The van der Waals surface area contributed by atoms with Gasteiger partial charge in [-0.2, -0.15) is 0 Å². The Kier molecular flexibility index (Phi) is 1.89. The van der Waals surface area contributed by atoms with Crippen LogP contribution < -0.4 is 0 Å². The average molecular weight is 116 g/mol. The Hall–Kier alpha value is -0.530. The smallest absolute Gasteiger partial charge is 0.104 e. The zero-order valence-electron chi connectivity index (χ0n) is 4.64. The second-order valence-corrected chi connectivity index (χ2v) is 1.84. The highest BCUT2D eigenvalue weighted by molar-refractivity contribution is 4.85. The summed E-state index contributed by atoms with van der Waals surface area (Å²) in [6.07, 6.45) is 5.09. The molecule has 1 heterocycles. The summed E-state index contributed by atoms with van der Waals surface area (Å²) in [5.41, 5.74) is 0. The van der Waals surface area contributed by atoms with Crippen molar-refractivity contribution in [2.24, 2.45) is 0 Å². The van der Waals surface area contributed by atoms with E-state index >= 15 is 0 Å². The van der Waals surface area contributed by atoms with Gasteiger partial charge in [-0.05, 0) is 6.08 Å². The van der Waals surface area contributed by atoms with Crippen LogP contribution in [0.5, 0.6) is 0 Å². The summed E-state index contributed by atoms with van der Waals surface area (Å²) in [7, 11) is 0. The molecule has 0 radical (unpaired) electrons. The molecule has 46 valence electrons. The van der Waals surface area contributed by atoms with E-state index in [1.807, 2.05) is 6.08 Å². The molecule has 0 N–H and O–H groups in total. The molecular formula is C6H9FO. The average Bonchev–Trinajstić information content (AvgIpc) is 2.19. The van der Waals surface area contributed by atoms with Crippen molar-refractivity contribution in [3.05, 3.63) is 12.3 Å². The van der Waals surface area contributed by atoms with Crippen molar-refractivity contribution in [2.75, 3.05) is 6.67 Å². The third kappa shape index (κ3) is 1.22. The Balaban J connectivity index is 2.10. The molecule has 8 heavy (non-hydrogen) atoms. The lowest BCUT2D eigenvalue weighted by Crippen LogP contribution is -2.04. The first-order valence-corrected chi connectivity index (χ1v) is 2.80. The molecule has 1 aliphatic rings. The fraction of sp³-hybridized carbons (Fsp3) is 0.667. The third-order valence-electron chi connectivity index (χ3n) is 1.20. The van der Waals surface area contributed by atoms with Crippen LogP contribution in [0.2, 0.25) is 0 Å². The topological polar surface area (TPSA) is 9.23 Å². The van der Waals surface area contributed by atoms with E-state index in [-0.39, 0.29) is 12.8 Å². The molecule has 0 saturated carbocycles. The number of halogens is 1. The van der Waals surface area contributed by atoms with Crippen LogP contribution in [0.3, 0.4) is 0 Å². The van der Waals surface area contributed by atoms with Crippen LogP contribution in [0, 0.1) is 0 Å². The Bertz CT molecular complexity index is 82.5. The molecule has 2 heteroatoms. The summed E-state index contributed by atoms with van der Waals surface area (Å²) in [4.78, 5) is 0. The van der Waals surface area contributed by atoms with Crippen LogP contribution in [0.25, 0.3) is 0 Å². The fourth-order valence-corrected chi connectivity index (χ4v) is 0.737. The minimum absolute atomic E-state index is 0.125. The molecule has 0 bridgehead atoms. The van der Waals surface area contributed by atoms with E-state index in [4.69, 9.17) is 4.74 Å². The van der Waals surface area contributed by atoms with Crippen LogP contribution >= 0.6 is 0 Å². The third-order valence-corrected chi connectivity index (χ3v) is 1.20. The van der Waals surface area contributed by atoms with Crippen molar-refractivity contribution in [2.45, 2.75) is 18.9 Å². The summed E-state index contributed by atoms with van der Waals surface area (Å²) in [5.74, 6) is 0. The lowest BCUT2D eigenvalue weighted by atomic mass is 10.2. The highest BCUT2D eigenvalue weighted by Gasteiger charge is 2.09. The van der Waals surface area contributed by atoms with E-state index in [1.54, 1.807) is 6.26 Å². The molecule has 1 aliphatic heterocycles. The number of alkyl halides is 1. The summed E-state index contributed by atoms with van der Waals surface area (Å²) >= 11 is 0. The lowest BCUT2D eigenvalue weighted by Gasteiger charge is -2.04. The van der Waals surface area contributed by atoms with Crippen LogP contribution in [0.4, 0.5) is 4.39 Å². The first kappa shape index (κ1) is 5.60. The Morgan fingerprint density at radius 2 is 2.62 bits per heavy atom. The van der Waals surface area contributed by atoms with Crippen molar-refractivity contribution in [1.82, 2.24) is 0 Å². The lowest BCUT2D eigenvalue weighted by molar-refractivity contribution is 0.151. The van der Waals surface area contributed by atoms with Crippen LogP contribution in [-0.4, -0.2) is 12.8 Å². The van der Waals surface area contributed by atoms with E-state index in [0.29, 0.717) is 6.42 Å². The van der Waals surface area contributed by atoms with E-state index < -0.39 is 0 Å². The van der Waals surface area contributed by atoms with Gasteiger partial charge < -0.3 is 4.74 Å². The minimum Gasteiger partial charge on any atom is -0.498 e. The van der Waals surface area contributed by atoms with Gasteiger partial charge >= 0.3 is 0 Å². The number of ether oxygens (including phenoxy) is 1. The predicted molar refractivity (Wildman–Crippen MR) is 29.2 cm³/mol. The zero-order chi connectivity index (χ0) is 5.82. The highest BCUT2D eigenvalue weighted by atomic mass is 19.1. The maximum atomic E-state index is 11.5. The van der Waals surface area contributed by atoms with Gasteiger partial charge in [0.1, 0.15) is 6.10 Å². The van der Waals surface area contributed by atoms with Gasteiger partial charge in [-0.3, -0.25) is 4.39 Å². The van der Waals surface area contributed by atoms with Gasteiger partial charge in [0.2, 0.25) is 0 Å². The molecule has 1 atom stereocenters. The fourth-order valence-electron chi connectivity index (χ4n) is 0.737. The summed E-state index contributed by atoms with van der Waals surface area (Å²) < 4.78 is 16.5. The maximum absolute atomic E-state index is 11.5. The second-order valence-electron chi connectivity index (χ2n) is 1.84. The van der Waals surface area contributed by atoms with E-state index in [9.17, 15) is 4.39 Å². The molecule has 0 aliphatic carbocycles. The van der Waals surface area contributed by atoms with Crippen molar-refractivity contribution in [3.8, 4) is 0 Å². The first-order valence-electron chi connectivity index (χ1n) is 2.80. The molecule has 1 nitrogen and oxygen atoms in total. The molecule has 0 saturated heterocycles. The van der Waals surface area contributed by atoms with Crippen molar-refractivity contribution in [3.63, 3.8) is 0 Å². The standard InChI is InChI=1S/C6H9FO/c7-4-3-6-2-1-5-8-6/h1,5-6H,2-4H2. The van der Waals surface area contributed by atoms with E-state index in [2.05, 4.69) is 0 Å². The number of hydrogen-bond acceptors (Lipinski definition) is 1. The Morgan fingerprint density at radius 1 is 1.75 bits per heavy atom. The van der Waals surface area contributed by atoms with Gasteiger partial charge in [0, 0.05) is 12.8 Å². The van der Waals surface area contributed by atoms with Gasteiger partial charge in [0.25, 0.3) is 0 Å². The Labute approximate surface area is 48.1 Å². The van der Waals surface area contributed by atoms with Gasteiger partial charge in [0.15, 0.2) is 0 Å². The summed E-state index contributed by atoms with van der Waals surface area (Å²) in [6.45, 7) is -0.271. The van der Waals surface area contributed by atoms with Crippen LogP contribution in [-0.2, 0) is 4.74 Å². The van der Waals surface area contributed by atoms with Gasteiger partial charge in [0.05, 0.1) is 12.9 Å². The normalized spacial score (nSPS) is 25.9. The monoisotopic (exact) mass is 116 g/mol. The maximum Gasteiger partial charge on any atom is 0.104 e. The summed E-state index contributed by atoms with van der Waals surface area (Å²) in [5, 5.41) is 0. The van der Waals surface area contributed by atoms with Crippen molar-refractivity contribution >= 4 is 0 Å². The molecule has 0 aromatic carbocycles. The quantitative estimate of drug-likeness (QED) is 0.533. The van der Waals surface area contributed by atoms with Crippen molar-refractivity contribution < 1.29 is 9.13 Å². The first-order chi connectivity index (χ1) is 3.93. The second kappa shape index (κ2) is 2.70. The molecule has 1 rings (SSSR count). The van der Waals surface area contributed by atoms with E-state index in [0.717, 1.165) is 6.42 Å². The molecule has 0 fully saturated rings. The van der Waals surface area contributed by atoms with Crippen molar-refractivity contribution in [1.29, 1.82) is 0 Å². The summed E-state index contributed by atoms with van der Waals surface area (Å²) in [6, 6.07) is 0. The molecule has 0 spiro atoms. The van der Waals surface area contributed by atoms with E-state index in [1.165, 1.54) is 0 Å². The highest BCUT2D eigenvalue weighted by Crippen LogP contribution is 2.11. The SMILES string of the molecule is FCCC1CC=CO1. The van der Waals surface area contributed by atoms with Crippen LogP contribution in [0.15, 0.2) is 12.3 Å². The predicted octanol–water partition coefficient (Wildman–Crippen LogP) is 1.65. The molecule has 0 aromatic heterocycles. The number of rotatable bonds is 2.